The lowest BCUT2D eigenvalue weighted by Crippen LogP contribution is -1.84. The molecule has 1 heterocycles. The SMILES string of the molecule is C=CCc1ccsc1N. The Morgan fingerprint density at radius 2 is 2.56 bits per heavy atom. The first-order chi connectivity index (χ1) is 4.34. The van der Waals surface area contributed by atoms with Crippen molar-refractivity contribution < 1.29 is 0 Å². The molecule has 1 aromatic rings. The molecule has 0 fully saturated rings. The van der Waals surface area contributed by atoms with Gasteiger partial charge in [0.1, 0.15) is 0 Å². The third-order valence-corrected chi connectivity index (χ3v) is 1.93. The molecule has 48 valence electrons. The summed E-state index contributed by atoms with van der Waals surface area (Å²) in [6.45, 7) is 3.63. The number of hydrogen-bond acceptors (Lipinski definition) is 2. The van der Waals surface area contributed by atoms with Crippen LogP contribution in [0.2, 0.25) is 0 Å². The van der Waals surface area contributed by atoms with Crippen molar-refractivity contribution in [1.29, 1.82) is 0 Å². The molecule has 0 atom stereocenters. The van der Waals surface area contributed by atoms with E-state index in [1.807, 2.05) is 17.5 Å². The second-order valence-corrected chi connectivity index (χ2v) is 2.75. The summed E-state index contributed by atoms with van der Waals surface area (Å²) in [5.41, 5.74) is 6.79. The summed E-state index contributed by atoms with van der Waals surface area (Å²) in [6, 6.07) is 2.03. The number of hydrogen-bond donors (Lipinski definition) is 1. The zero-order valence-corrected chi connectivity index (χ0v) is 5.95. The number of allylic oxidation sites excluding steroid dienone is 1. The van der Waals surface area contributed by atoms with E-state index in [1.165, 1.54) is 5.56 Å². The topological polar surface area (TPSA) is 26.0 Å². The van der Waals surface area contributed by atoms with E-state index in [9.17, 15) is 0 Å². The average molecular weight is 139 g/mol. The molecule has 0 saturated heterocycles. The van der Waals surface area contributed by atoms with Gasteiger partial charge in [-0.1, -0.05) is 6.08 Å². The molecule has 1 rings (SSSR count). The monoisotopic (exact) mass is 139 g/mol. The van der Waals surface area contributed by atoms with Crippen molar-refractivity contribution in [1.82, 2.24) is 0 Å². The molecule has 0 radical (unpaired) electrons. The molecular weight excluding hydrogens is 130 g/mol. The number of nitrogen functional groups attached to an aromatic ring is 1. The van der Waals surface area contributed by atoms with E-state index in [2.05, 4.69) is 6.58 Å². The van der Waals surface area contributed by atoms with Crippen molar-refractivity contribution in [2.24, 2.45) is 0 Å². The Labute approximate surface area is 58.8 Å². The van der Waals surface area contributed by atoms with E-state index in [1.54, 1.807) is 11.3 Å². The van der Waals surface area contributed by atoms with Crippen LogP contribution in [0.25, 0.3) is 0 Å². The van der Waals surface area contributed by atoms with Crippen LogP contribution in [-0.2, 0) is 6.42 Å². The Hall–Kier alpha value is -0.760. The summed E-state index contributed by atoms with van der Waals surface area (Å²) in [5.74, 6) is 0. The smallest absolute Gasteiger partial charge is 0.0892 e. The molecule has 0 spiro atoms. The number of thiophene rings is 1. The molecule has 0 bridgehead atoms. The van der Waals surface area contributed by atoms with Crippen LogP contribution in [0.15, 0.2) is 24.1 Å². The molecule has 0 unspecified atom stereocenters. The van der Waals surface area contributed by atoms with Crippen LogP contribution < -0.4 is 5.73 Å². The first-order valence-corrected chi connectivity index (χ1v) is 3.65. The Bertz CT molecular complexity index is 202. The minimum Gasteiger partial charge on any atom is -0.390 e. The van der Waals surface area contributed by atoms with Gasteiger partial charge in [0.15, 0.2) is 0 Å². The zero-order valence-electron chi connectivity index (χ0n) is 5.13. The lowest BCUT2D eigenvalue weighted by Gasteiger charge is -1.89. The van der Waals surface area contributed by atoms with Gasteiger partial charge in [-0.15, -0.1) is 17.9 Å². The first-order valence-electron chi connectivity index (χ1n) is 2.77. The summed E-state index contributed by atoms with van der Waals surface area (Å²) in [4.78, 5) is 0. The molecule has 0 aliphatic heterocycles. The van der Waals surface area contributed by atoms with Gasteiger partial charge in [-0.2, -0.15) is 0 Å². The number of anilines is 1. The van der Waals surface area contributed by atoms with Crippen LogP contribution in [0.1, 0.15) is 5.56 Å². The van der Waals surface area contributed by atoms with Crippen molar-refractivity contribution in [2.45, 2.75) is 6.42 Å². The predicted molar refractivity (Wildman–Crippen MR) is 42.6 cm³/mol. The lowest BCUT2D eigenvalue weighted by molar-refractivity contribution is 1.31. The van der Waals surface area contributed by atoms with Crippen molar-refractivity contribution in [3.8, 4) is 0 Å². The highest BCUT2D eigenvalue weighted by Gasteiger charge is 1.94. The minimum atomic E-state index is 0.884. The molecule has 9 heavy (non-hydrogen) atoms. The average Bonchev–Trinajstić information content (AvgIpc) is 2.18. The Morgan fingerprint density at radius 3 is 3.00 bits per heavy atom. The van der Waals surface area contributed by atoms with Crippen molar-refractivity contribution in [2.75, 3.05) is 5.73 Å². The van der Waals surface area contributed by atoms with Gasteiger partial charge in [0.25, 0.3) is 0 Å². The fourth-order valence-electron chi connectivity index (χ4n) is 0.671. The molecule has 0 aromatic carbocycles. The second kappa shape index (κ2) is 2.69. The minimum absolute atomic E-state index is 0.884. The maximum atomic E-state index is 5.60. The maximum Gasteiger partial charge on any atom is 0.0892 e. The summed E-state index contributed by atoms with van der Waals surface area (Å²) in [7, 11) is 0. The van der Waals surface area contributed by atoms with E-state index in [0.717, 1.165) is 11.4 Å². The highest BCUT2D eigenvalue weighted by atomic mass is 32.1. The summed E-state index contributed by atoms with van der Waals surface area (Å²) in [5, 5.41) is 2.91. The quantitative estimate of drug-likeness (QED) is 0.623. The first kappa shape index (κ1) is 6.36. The van der Waals surface area contributed by atoms with Crippen LogP contribution in [0.5, 0.6) is 0 Å². The number of rotatable bonds is 2. The van der Waals surface area contributed by atoms with E-state index in [0.29, 0.717) is 0 Å². The van der Waals surface area contributed by atoms with Gasteiger partial charge < -0.3 is 5.73 Å². The molecule has 0 aliphatic carbocycles. The normalized spacial score (nSPS) is 9.33. The van der Waals surface area contributed by atoms with Gasteiger partial charge in [-0.25, -0.2) is 0 Å². The van der Waals surface area contributed by atoms with Crippen LogP contribution in [0, 0.1) is 0 Å². The van der Waals surface area contributed by atoms with Gasteiger partial charge in [-0.05, 0) is 23.4 Å². The molecule has 0 aliphatic rings. The fraction of sp³-hybridized carbons (Fsp3) is 0.143. The van der Waals surface area contributed by atoms with Gasteiger partial charge >= 0.3 is 0 Å². The molecule has 1 aromatic heterocycles. The van der Waals surface area contributed by atoms with Crippen molar-refractivity contribution in [3.05, 3.63) is 29.7 Å². The largest absolute Gasteiger partial charge is 0.390 e. The summed E-state index contributed by atoms with van der Waals surface area (Å²) >= 11 is 1.57. The van der Waals surface area contributed by atoms with E-state index >= 15 is 0 Å². The van der Waals surface area contributed by atoms with Gasteiger partial charge in [0, 0.05) is 0 Å². The molecule has 0 amide bonds. The molecule has 0 saturated carbocycles. The summed E-state index contributed by atoms with van der Waals surface area (Å²) in [6.07, 6.45) is 2.74. The Kier molecular flexibility index (Phi) is 1.90. The third kappa shape index (κ3) is 1.33. The zero-order chi connectivity index (χ0) is 6.69. The third-order valence-electron chi connectivity index (χ3n) is 1.14. The molecule has 1 nitrogen and oxygen atoms in total. The van der Waals surface area contributed by atoms with E-state index < -0.39 is 0 Å². The Morgan fingerprint density at radius 1 is 1.78 bits per heavy atom. The van der Waals surface area contributed by atoms with Gasteiger partial charge in [-0.3, -0.25) is 0 Å². The van der Waals surface area contributed by atoms with Crippen molar-refractivity contribution in [3.63, 3.8) is 0 Å². The van der Waals surface area contributed by atoms with Crippen LogP contribution >= 0.6 is 11.3 Å². The standard InChI is InChI=1S/C7H9NS/c1-2-3-6-4-5-9-7(6)8/h2,4-5H,1,3,8H2. The highest BCUT2D eigenvalue weighted by molar-refractivity contribution is 7.14. The van der Waals surface area contributed by atoms with Crippen molar-refractivity contribution >= 4 is 16.3 Å². The van der Waals surface area contributed by atoms with Gasteiger partial charge in [0.05, 0.1) is 5.00 Å². The van der Waals surface area contributed by atoms with Crippen LogP contribution in [-0.4, -0.2) is 0 Å². The van der Waals surface area contributed by atoms with E-state index in [4.69, 9.17) is 5.73 Å². The molecule has 2 heteroatoms. The lowest BCUT2D eigenvalue weighted by atomic mass is 10.2. The fourth-order valence-corrected chi connectivity index (χ4v) is 1.35. The highest BCUT2D eigenvalue weighted by Crippen LogP contribution is 2.19. The van der Waals surface area contributed by atoms with E-state index in [-0.39, 0.29) is 0 Å². The molecular formula is C7H9NS. The Balaban J connectivity index is 2.80. The van der Waals surface area contributed by atoms with Crippen LogP contribution in [0.4, 0.5) is 5.00 Å². The molecule has 2 N–H and O–H groups in total. The second-order valence-electron chi connectivity index (χ2n) is 1.80. The summed E-state index contributed by atoms with van der Waals surface area (Å²) < 4.78 is 0. The van der Waals surface area contributed by atoms with Gasteiger partial charge in [0.2, 0.25) is 0 Å². The predicted octanol–water partition coefficient (Wildman–Crippen LogP) is 2.06. The number of nitrogens with two attached hydrogens (primary N) is 1. The maximum absolute atomic E-state index is 5.60. The van der Waals surface area contributed by atoms with Crippen LogP contribution in [0.3, 0.4) is 0 Å².